The number of allylic oxidation sites excluding steroid dienone is 28. The molecule has 0 heterocycles. The molecule has 0 aliphatic heterocycles. The molecule has 0 unspecified atom stereocenters. The van der Waals surface area contributed by atoms with Gasteiger partial charge in [0.1, 0.15) is 13.2 Å². The van der Waals surface area contributed by atoms with Gasteiger partial charge in [0.2, 0.25) is 0 Å². The molecule has 71 heavy (non-hydrogen) atoms. The van der Waals surface area contributed by atoms with Gasteiger partial charge in [-0.15, -0.1) is 0 Å². The minimum atomic E-state index is -0.854. The van der Waals surface area contributed by atoms with Crippen molar-refractivity contribution in [2.45, 2.75) is 207 Å². The third-order valence-electron chi connectivity index (χ3n) is 10.7. The Labute approximate surface area is 434 Å². The lowest BCUT2D eigenvalue weighted by molar-refractivity contribution is -0.167. The molecular weight excluding hydrogens is 877 g/mol. The van der Waals surface area contributed by atoms with E-state index in [0.29, 0.717) is 12.8 Å². The van der Waals surface area contributed by atoms with Crippen LogP contribution >= 0.6 is 0 Å². The van der Waals surface area contributed by atoms with E-state index in [1.54, 1.807) is 0 Å². The van der Waals surface area contributed by atoms with Gasteiger partial charge in [-0.05, 0) is 141 Å². The second-order valence-corrected chi connectivity index (χ2v) is 17.4. The van der Waals surface area contributed by atoms with Crippen LogP contribution in [-0.2, 0) is 28.6 Å². The lowest BCUT2D eigenvalue weighted by Gasteiger charge is -2.18. The SMILES string of the molecule is CC/C=C/C/C=C/C/C=C/C/C=C/C/C=C/CCCC(=O)OC[C@H](COC(=O)CCCCC/C=C/C/C=C/C/C=C/C/C=C/CCCCC)OC(=O)CCC/C=C/C/C=C/C/C=C/C/C=C/C/C=C/CC. The van der Waals surface area contributed by atoms with Crippen LogP contribution in [0.1, 0.15) is 201 Å². The van der Waals surface area contributed by atoms with Crippen LogP contribution in [0.2, 0.25) is 0 Å². The van der Waals surface area contributed by atoms with E-state index in [4.69, 9.17) is 14.2 Å². The minimum absolute atomic E-state index is 0.144. The highest BCUT2D eigenvalue weighted by molar-refractivity contribution is 5.71. The van der Waals surface area contributed by atoms with E-state index in [-0.39, 0.29) is 44.4 Å². The maximum atomic E-state index is 12.8. The monoisotopic (exact) mass is 975 g/mol. The van der Waals surface area contributed by atoms with Crippen molar-refractivity contribution in [3.8, 4) is 0 Å². The Morgan fingerprint density at radius 2 is 0.563 bits per heavy atom. The summed E-state index contributed by atoms with van der Waals surface area (Å²) < 4.78 is 16.7. The van der Waals surface area contributed by atoms with Crippen LogP contribution in [0.4, 0.5) is 0 Å². The molecule has 6 nitrogen and oxygen atoms in total. The summed E-state index contributed by atoms with van der Waals surface area (Å²) >= 11 is 0. The van der Waals surface area contributed by atoms with Crippen molar-refractivity contribution in [2.24, 2.45) is 0 Å². The smallest absolute Gasteiger partial charge is 0.306 e. The zero-order valence-corrected chi connectivity index (χ0v) is 44.9. The lowest BCUT2D eigenvalue weighted by atomic mass is 10.1. The molecule has 0 aliphatic rings. The normalized spacial score (nSPS) is 13.5. The zero-order chi connectivity index (χ0) is 51.4. The molecule has 0 N–H and O–H groups in total. The number of carbonyl (C=O) groups is 3. The number of carbonyl (C=O) groups excluding carboxylic acids is 3. The molecule has 0 bridgehead atoms. The molecule has 0 aromatic heterocycles. The van der Waals surface area contributed by atoms with Gasteiger partial charge in [0.15, 0.2) is 6.10 Å². The highest BCUT2D eigenvalue weighted by Gasteiger charge is 2.19. The van der Waals surface area contributed by atoms with Gasteiger partial charge in [0.05, 0.1) is 0 Å². The van der Waals surface area contributed by atoms with Crippen LogP contribution in [0, 0.1) is 0 Å². The van der Waals surface area contributed by atoms with Gasteiger partial charge in [-0.3, -0.25) is 14.4 Å². The lowest BCUT2D eigenvalue weighted by Crippen LogP contribution is -2.30. The number of hydrogen-bond acceptors (Lipinski definition) is 6. The van der Waals surface area contributed by atoms with E-state index in [1.807, 2.05) is 0 Å². The number of unbranched alkanes of at least 4 members (excludes halogenated alkanes) is 8. The van der Waals surface area contributed by atoms with E-state index in [0.717, 1.165) is 122 Å². The van der Waals surface area contributed by atoms with Crippen molar-refractivity contribution in [3.05, 3.63) is 170 Å². The molecule has 0 rings (SSSR count). The zero-order valence-electron chi connectivity index (χ0n) is 44.9. The van der Waals surface area contributed by atoms with Crippen LogP contribution in [0.25, 0.3) is 0 Å². The Bertz CT molecular complexity index is 1690. The van der Waals surface area contributed by atoms with E-state index in [9.17, 15) is 14.4 Å². The van der Waals surface area contributed by atoms with Gasteiger partial charge in [0, 0.05) is 19.3 Å². The van der Waals surface area contributed by atoms with E-state index >= 15 is 0 Å². The van der Waals surface area contributed by atoms with Crippen LogP contribution < -0.4 is 0 Å². The quantitative estimate of drug-likeness (QED) is 0.0262. The van der Waals surface area contributed by atoms with Crippen LogP contribution in [-0.4, -0.2) is 37.2 Å². The Hall–Kier alpha value is -5.23. The first-order valence-corrected chi connectivity index (χ1v) is 27.6. The summed E-state index contributed by atoms with van der Waals surface area (Å²) in [7, 11) is 0. The Morgan fingerprint density at radius 3 is 0.887 bits per heavy atom. The van der Waals surface area contributed by atoms with Gasteiger partial charge < -0.3 is 14.2 Å². The maximum absolute atomic E-state index is 12.8. The topological polar surface area (TPSA) is 78.9 Å². The molecule has 0 amide bonds. The molecule has 0 saturated heterocycles. The molecule has 0 radical (unpaired) electrons. The first-order valence-electron chi connectivity index (χ1n) is 27.6. The summed E-state index contributed by atoms with van der Waals surface area (Å²) in [5.41, 5.74) is 0. The molecule has 1 atom stereocenters. The minimum Gasteiger partial charge on any atom is -0.462 e. The molecule has 0 saturated carbocycles. The van der Waals surface area contributed by atoms with E-state index in [1.165, 1.54) is 25.7 Å². The van der Waals surface area contributed by atoms with E-state index in [2.05, 4.69) is 191 Å². The first-order chi connectivity index (χ1) is 35.0. The van der Waals surface area contributed by atoms with Gasteiger partial charge in [0.25, 0.3) is 0 Å². The number of esters is 3. The molecule has 0 aliphatic carbocycles. The van der Waals surface area contributed by atoms with Gasteiger partial charge in [-0.1, -0.05) is 210 Å². The van der Waals surface area contributed by atoms with Crippen molar-refractivity contribution in [2.75, 3.05) is 13.2 Å². The first kappa shape index (κ1) is 65.8. The Kier molecular flexibility index (Phi) is 53.1. The van der Waals surface area contributed by atoms with Crippen LogP contribution in [0.5, 0.6) is 0 Å². The molecule has 0 spiro atoms. The summed E-state index contributed by atoms with van der Waals surface area (Å²) in [6.07, 6.45) is 84.9. The van der Waals surface area contributed by atoms with Crippen LogP contribution in [0.15, 0.2) is 170 Å². The molecule has 0 aromatic carbocycles. The molecule has 0 aromatic rings. The Morgan fingerprint density at radius 1 is 0.296 bits per heavy atom. The van der Waals surface area contributed by atoms with Gasteiger partial charge in [-0.2, -0.15) is 0 Å². The van der Waals surface area contributed by atoms with E-state index < -0.39 is 12.1 Å². The average molecular weight is 975 g/mol. The van der Waals surface area contributed by atoms with Gasteiger partial charge in [-0.25, -0.2) is 0 Å². The van der Waals surface area contributed by atoms with Crippen molar-refractivity contribution in [1.82, 2.24) is 0 Å². The van der Waals surface area contributed by atoms with Crippen molar-refractivity contribution < 1.29 is 28.6 Å². The number of hydrogen-bond donors (Lipinski definition) is 0. The highest BCUT2D eigenvalue weighted by atomic mass is 16.6. The fraction of sp³-hybridized carbons (Fsp3) is 0.523. The third-order valence-corrected chi connectivity index (χ3v) is 10.7. The number of rotatable bonds is 47. The van der Waals surface area contributed by atoms with Crippen molar-refractivity contribution in [3.63, 3.8) is 0 Å². The molecule has 394 valence electrons. The second kappa shape index (κ2) is 57.3. The van der Waals surface area contributed by atoms with Crippen molar-refractivity contribution >= 4 is 17.9 Å². The fourth-order valence-electron chi connectivity index (χ4n) is 6.61. The summed E-state index contributed by atoms with van der Waals surface area (Å²) in [6, 6.07) is 0. The number of ether oxygens (including phenoxy) is 3. The third kappa shape index (κ3) is 55.6. The highest BCUT2D eigenvalue weighted by Crippen LogP contribution is 2.10. The molecule has 0 fully saturated rings. The maximum Gasteiger partial charge on any atom is 0.306 e. The summed E-state index contributed by atoms with van der Waals surface area (Å²) in [4.78, 5) is 38.1. The molecular formula is C65H98O6. The average Bonchev–Trinajstić information content (AvgIpc) is 3.37. The second-order valence-electron chi connectivity index (χ2n) is 17.4. The van der Waals surface area contributed by atoms with Gasteiger partial charge >= 0.3 is 17.9 Å². The fourth-order valence-corrected chi connectivity index (χ4v) is 6.61. The standard InChI is InChI=1S/C65H98O6/c1-4-7-10-13-16-19-22-25-28-31-32-35-37-40-43-46-49-52-55-58-64(67)70-61-62(71-65(68)59-56-53-50-47-44-41-38-34-30-27-24-21-18-15-12-9-6-3)60-69-63(66)57-54-51-48-45-42-39-36-33-29-26-23-20-17-14-11-8-5-2/h8-9,11-12,16-21,25-30,32,35-36,38-41,43,45,47-48,50,62H,4-7,10,13-15,22-24,31,33-34,37,42,44,46,49,51-61H2,1-3H3/b11-8+,12-9+,19-16+,20-17+,21-18+,28-25+,29-26+,30-27+,35-32+,39-36+,41-38+,43-40+,48-45+,50-47+/t62-/m1/s1. The predicted octanol–water partition coefficient (Wildman–Crippen LogP) is 18.8. The summed E-state index contributed by atoms with van der Waals surface area (Å²) in [5, 5.41) is 0. The largest absolute Gasteiger partial charge is 0.462 e. The molecule has 6 heteroatoms. The predicted molar refractivity (Wildman–Crippen MR) is 306 cm³/mol. The summed E-state index contributed by atoms with van der Waals surface area (Å²) in [6.45, 7) is 6.23. The summed E-state index contributed by atoms with van der Waals surface area (Å²) in [5.74, 6) is -1.10. The Balaban J connectivity index is 4.67. The van der Waals surface area contributed by atoms with Crippen molar-refractivity contribution in [1.29, 1.82) is 0 Å². The van der Waals surface area contributed by atoms with Crippen LogP contribution in [0.3, 0.4) is 0 Å².